The van der Waals surface area contributed by atoms with Gasteiger partial charge in [-0.05, 0) is 64.5 Å². The number of ether oxygens (including phenoxy) is 2. The third-order valence-corrected chi connectivity index (χ3v) is 8.25. The van der Waals surface area contributed by atoms with E-state index >= 15 is 0 Å². The Kier molecular flexibility index (Phi) is 8.16. The molecule has 3 saturated heterocycles. The normalized spacial score (nSPS) is 27.4. The molecular weight excluding hydrogens is 446 g/mol. The highest BCUT2D eigenvalue weighted by Crippen LogP contribution is 2.38. The lowest BCUT2D eigenvalue weighted by Crippen LogP contribution is -2.55. The van der Waals surface area contributed by atoms with Crippen molar-refractivity contribution in [1.29, 1.82) is 0 Å². The van der Waals surface area contributed by atoms with Crippen molar-refractivity contribution < 1.29 is 24.2 Å². The summed E-state index contributed by atoms with van der Waals surface area (Å²) in [4.78, 5) is 31.6. The minimum absolute atomic E-state index is 0.0166. The monoisotopic (exact) mass is 487 g/mol. The Bertz CT molecular complexity index is 885. The van der Waals surface area contributed by atoms with E-state index in [1.165, 1.54) is 7.11 Å². The summed E-state index contributed by atoms with van der Waals surface area (Å²) in [6.07, 6.45) is 6.37. The van der Waals surface area contributed by atoms with Gasteiger partial charge in [0.05, 0.1) is 13.2 Å². The molecule has 3 atom stereocenters. The van der Waals surface area contributed by atoms with Crippen LogP contribution in [0.2, 0.25) is 0 Å². The number of carbonyl (C=O) groups excluding carboxylic acids is 2. The van der Waals surface area contributed by atoms with Gasteiger partial charge in [-0.3, -0.25) is 14.5 Å². The highest BCUT2D eigenvalue weighted by atomic mass is 16.6. The highest BCUT2D eigenvalue weighted by Gasteiger charge is 2.44. The maximum Gasteiger partial charge on any atom is 0.320 e. The molecule has 1 N–H and O–H groups in total. The lowest BCUT2D eigenvalue weighted by atomic mass is 9.92. The van der Waals surface area contributed by atoms with Gasteiger partial charge in [0.1, 0.15) is 0 Å². The summed E-state index contributed by atoms with van der Waals surface area (Å²) < 4.78 is 10.4. The van der Waals surface area contributed by atoms with E-state index in [4.69, 9.17) is 9.47 Å². The van der Waals surface area contributed by atoms with E-state index in [0.717, 1.165) is 57.3 Å². The molecule has 0 spiro atoms. The number of fused-ring (bicyclic) bond motifs is 2. The number of piperidine rings is 2. The Balaban J connectivity index is 1.37. The molecule has 8 nitrogen and oxygen atoms in total. The van der Waals surface area contributed by atoms with Gasteiger partial charge >= 0.3 is 5.97 Å². The van der Waals surface area contributed by atoms with Crippen molar-refractivity contribution in [2.24, 2.45) is 0 Å². The number of likely N-dealkylation sites (tertiary alicyclic amines) is 1. The SMILES string of the molecule is CCOC(=O)CN1C2CCC1CC(N1CCC(N(C(C)=O)c3cccc(C(C)(O)OC)c3)CC1)C2. The number of rotatable bonds is 8. The average Bonchev–Trinajstić information content (AvgIpc) is 3.06. The van der Waals surface area contributed by atoms with Gasteiger partial charge in [-0.1, -0.05) is 12.1 Å². The summed E-state index contributed by atoms with van der Waals surface area (Å²) in [5.41, 5.74) is 1.43. The van der Waals surface area contributed by atoms with Crippen molar-refractivity contribution in [2.45, 2.75) is 89.3 Å². The standard InChI is InChI=1S/C27H41N3O5/c1-5-35-26(32)18-29-22-9-10-23(29)17-25(16-22)28-13-11-21(12-14-28)30(19(2)31)24-8-6-7-20(15-24)27(3,33)34-4/h6-8,15,21-23,25,33H,5,9-14,16-18H2,1-4H3. The molecule has 35 heavy (non-hydrogen) atoms. The first kappa shape index (κ1) is 26.1. The first-order chi connectivity index (χ1) is 16.7. The number of benzene rings is 1. The predicted octanol–water partition coefficient (Wildman–Crippen LogP) is 2.87. The van der Waals surface area contributed by atoms with E-state index in [1.54, 1.807) is 13.8 Å². The van der Waals surface area contributed by atoms with Crippen LogP contribution in [0.4, 0.5) is 5.69 Å². The predicted molar refractivity (Wildman–Crippen MR) is 134 cm³/mol. The Hall–Kier alpha value is -2.00. The summed E-state index contributed by atoms with van der Waals surface area (Å²) in [6.45, 7) is 7.86. The number of amides is 1. The van der Waals surface area contributed by atoms with Crippen LogP contribution in [0.3, 0.4) is 0 Å². The number of esters is 1. The number of nitrogens with zero attached hydrogens (tertiary/aromatic N) is 3. The minimum Gasteiger partial charge on any atom is -0.465 e. The molecule has 8 heteroatoms. The third kappa shape index (κ3) is 5.71. The van der Waals surface area contributed by atoms with E-state index in [9.17, 15) is 14.7 Å². The van der Waals surface area contributed by atoms with E-state index in [2.05, 4.69) is 9.80 Å². The molecule has 0 saturated carbocycles. The van der Waals surface area contributed by atoms with Crippen molar-refractivity contribution >= 4 is 17.6 Å². The molecule has 1 amide bonds. The number of aliphatic hydroxyl groups is 1. The number of hydrogen-bond donors (Lipinski definition) is 1. The number of anilines is 1. The largest absolute Gasteiger partial charge is 0.465 e. The maximum absolute atomic E-state index is 12.7. The molecule has 0 aromatic heterocycles. The van der Waals surface area contributed by atoms with Crippen molar-refractivity contribution in [3.63, 3.8) is 0 Å². The van der Waals surface area contributed by atoms with Gasteiger partial charge in [-0.25, -0.2) is 0 Å². The van der Waals surface area contributed by atoms with Crippen molar-refractivity contribution in [1.82, 2.24) is 9.80 Å². The molecule has 4 rings (SSSR count). The van der Waals surface area contributed by atoms with Gasteiger partial charge in [0.2, 0.25) is 5.91 Å². The Morgan fingerprint density at radius 1 is 1.11 bits per heavy atom. The second-order valence-corrected chi connectivity index (χ2v) is 10.4. The summed E-state index contributed by atoms with van der Waals surface area (Å²) in [5, 5.41) is 10.5. The molecular formula is C27H41N3O5. The molecule has 3 fully saturated rings. The Morgan fingerprint density at radius 2 is 1.77 bits per heavy atom. The van der Waals surface area contributed by atoms with E-state index < -0.39 is 5.79 Å². The maximum atomic E-state index is 12.7. The molecule has 1 aromatic carbocycles. The van der Waals surface area contributed by atoms with E-state index in [0.29, 0.717) is 36.8 Å². The quantitative estimate of drug-likeness (QED) is 0.446. The van der Waals surface area contributed by atoms with Crippen molar-refractivity contribution in [3.05, 3.63) is 29.8 Å². The van der Waals surface area contributed by atoms with Crippen LogP contribution in [0.15, 0.2) is 24.3 Å². The van der Waals surface area contributed by atoms with Crippen LogP contribution in [0, 0.1) is 0 Å². The van der Waals surface area contributed by atoms with E-state index in [1.807, 2.05) is 36.1 Å². The molecule has 0 aliphatic carbocycles. The molecule has 1 aromatic rings. The fraction of sp³-hybridized carbons (Fsp3) is 0.704. The van der Waals surface area contributed by atoms with Gasteiger partial charge < -0.3 is 24.4 Å². The summed E-state index contributed by atoms with van der Waals surface area (Å²) in [6, 6.07) is 9.06. The van der Waals surface area contributed by atoms with Crippen LogP contribution in [0.1, 0.15) is 64.9 Å². The summed E-state index contributed by atoms with van der Waals surface area (Å²) in [7, 11) is 1.47. The summed E-state index contributed by atoms with van der Waals surface area (Å²) >= 11 is 0. The zero-order chi connectivity index (χ0) is 25.2. The second kappa shape index (κ2) is 10.9. The molecule has 3 aliphatic heterocycles. The first-order valence-electron chi connectivity index (χ1n) is 13.1. The lowest BCUT2D eigenvalue weighted by molar-refractivity contribution is -0.179. The second-order valence-electron chi connectivity index (χ2n) is 10.4. The van der Waals surface area contributed by atoms with Crippen LogP contribution in [-0.4, -0.2) is 84.3 Å². The Morgan fingerprint density at radius 3 is 2.34 bits per heavy atom. The van der Waals surface area contributed by atoms with Gasteiger partial charge in [-0.2, -0.15) is 0 Å². The van der Waals surface area contributed by atoms with Crippen molar-refractivity contribution in [2.75, 3.05) is 38.3 Å². The van der Waals surface area contributed by atoms with Gasteiger partial charge in [0.25, 0.3) is 0 Å². The van der Waals surface area contributed by atoms with Gasteiger partial charge in [0, 0.05) is 62.5 Å². The third-order valence-electron chi connectivity index (χ3n) is 8.25. The minimum atomic E-state index is -1.40. The van der Waals surface area contributed by atoms with Gasteiger partial charge in [0.15, 0.2) is 5.79 Å². The zero-order valence-corrected chi connectivity index (χ0v) is 21.6. The number of methoxy groups -OCH3 is 1. The van der Waals surface area contributed by atoms with Crippen LogP contribution < -0.4 is 4.90 Å². The zero-order valence-electron chi connectivity index (χ0n) is 21.6. The highest BCUT2D eigenvalue weighted by molar-refractivity contribution is 5.92. The van der Waals surface area contributed by atoms with Gasteiger partial charge in [-0.15, -0.1) is 0 Å². The van der Waals surface area contributed by atoms with Crippen LogP contribution in [0.5, 0.6) is 0 Å². The molecule has 2 bridgehead atoms. The van der Waals surface area contributed by atoms with Crippen molar-refractivity contribution in [3.8, 4) is 0 Å². The topological polar surface area (TPSA) is 82.6 Å². The van der Waals surface area contributed by atoms with Crippen LogP contribution >= 0.6 is 0 Å². The molecule has 3 heterocycles. The smallest absolute Gasteiger partial charge is 0.320 e. The average molecular weight is 488 g/mol. The van der Waals surface area contributed by atoms with Crippen LogP contribution in [-0.2, 0) is 24.8 Å². The molecule has 3 unspecified atom stereocenters. The molecule has 194 valence electrons. The van der Waals surface area contributed by atoms with E-state index in [-0.39, 0.29) is 17.9 Å². The molecule has 3 aliphatic rings. The number of carbonyl (C=O) groups is 2. The van der Waals surface area contributed by atoms with Crippen LogP contribution in [0.25, 0.3) is 0 Å². The lowest BCUT2D eigenvalue weighted by Gasteiger charge is -2.46. The molecule has 0 radical (unpaired) electrons. The fourth-order valence-electron chi connectivity index (χ4n) is 6.38. The fourth-order valence-corrected chi connectivity index (χ4v) is 6.38. The Labute approximate surface area is 209 Å². The number of hydrogen-bond acceptors (Lipinski definition) is 7. The summed E-state index contributed by atoms with van der Waals surface area (Å²) in [5.74, 6) is -1.49. The first-order valence-corrected chi connectivity index (χ1v) is 13.1.